The first-order valence-corrected chi connectivity index (χ1v) is 9.38. The highest BCUT2D eigenvalue weighted by molar-refractivity contribution is 5.73. The van der Waals surface area contributed by atoms with E-state index < -0.39 is 6.29 Å². The van der Waals surface area contributed by atoms with Crippen LogP contribution in [0.3, 0.4) is 0 Å². The molecular formula is C19H32O3. The van der Waals surface area contributed by atoms with Crippen molar-refractivity contribution in [3.05, 3.63) is 0 Å². The molecule has 0 heterocycles. The highest BCUT2D eigenvalue weighted by Crippen LogP contribution is 2.65. The van der Waals surface area contributed by atoms with Crippen LogP contribution in [-0.4, -0.2) is 18.9 Å². The van der Waals surface area contributed by atoms with Crippen molar-refractivity contribution in [1.82, 2.24) is 0 Å². The SMILES string of the molecule is CCCC1CC(C)C2C3CC(C(=O)OC(C)OCC)C(C3)C12. The Morgan fingerprint density at radius 1 is 1.18 bits per heavy atom. The molecule has 0 aromatic heterocycles. The first-order valence-electron chi connectivity index (χ1n) is 9.38. The quantitative estimate of drug-likeness (QED) is 0.543. The van der Waals surface area contributed by atoms with Gasteiger partial charge in [0.2, 0.25) is 0 Å². The van der Waals surface area contributed by atoms with E-state index in [0.717, 1.165) is 36.0 Å². The topological polar surface area (TPSA) is 35.5 Å². The molecule has 3 aliphatic rings. The molecule has 126 valence electrons. The van der Waals surface area contributed by atoms with E-state index in [1.54, 1.807) is 0 Å². The van der Waals surface area contributed by atoms with E-state index in [2.05, 4.69) is 13.8 Å². The molecule has 3 nitrogen and oxygen atoms in total. The summed E-state index contributed by atoms with van der Waals surface area (Å²) in [4.78, 5) is 12.6. The Balaban J connectivity index is 1.67. The molecule has 0 spiro atoms. The summed E-state index contributed by atoms with van der Waals surface area (Å²) in [5.41, 5.74) is 0. The first kappa shape index (κ1) is 16.3. The summed E-state index contributed by atoms with van der Waals surface area (Å²) >= 11 is 0. The van der Waals surface area contributed by atoms with E-state index in [0.29, 0.717) is 12.5 Å². The molecule has 0 saturated heterocycles. The van der Waals surface area contributed by atoms with Crippen LogP contribution in [0.1, 0.15) is 59.8 Å². The Kier molecular flexibility index (Phi) is 4.82. The molecule has 0 aromatic rings. The molecule has 2 bridgehead atoms. The molecule has 3 heteroatoms. The minimum Gasteiger partial charge on any atom is -0.436 e. The predicted octanol–water partition coefficient (Wildman–Crippen LogP) is 4.26. The fraction of sp³-hybridized carbons (Fsp3) is 0.947. The molecule has 0 radical (unpaired) electrons. The maximum atomic E-state index is 12.6. The normalized spacial score (nSPS) is 44.1. The second-order valence-electron chi connectivity index (χ2n) is 7.88. The van der Waals surface area contributed by atoms with Crippen LogP contribution in [-0.2, 0) is 14.3 Å². The Bertz CT molecular complexity index is 407. The van der Waals surface area contributed by atoms with Crippen LogP contribution >= 0.6 is 0 Å². The Labute approximate surface area is 135 Å². The number of rotatable bonds is 6. The largest absolute Gasteiger partial charge is 0.436 e. The molecule has 0 aromatic carbocycles. The highest BCUT2D eigenvalue weighted by atomic mass is 16.7. The van der Waals surface area contributed by atoms with Crippen molar-refractivity contribution in [2.24, 2.45) is 41.4 Å². The highest BCUT2D eigenvalue weighted by Gasteiger charge is 2.60. The molecule has 8 atom stereocenters. The summed E-state index contributed by atoms with van der Waals surface area (Å²) in [7, 11) is 0. The number of hydrogen-bond donors (Lipinski definition) is 0. The van der Waals surface area contributed by atoms with Crippen molar-refractivity contribution in [2.45, 2.75) is 66.1 Å². The summed E-state index contributed by atoms with van der Waals surface area (Å²) in [6, 6.07) is 0. The predicted molar refractivity (Wildman–Crippen MR) is 86.0 cm³/mol. The minimum absolute atomic E-state index is 0.00158. The minimum atomic E-state index is -0.402. The summed E-state index contributed by atoms with van der Waals surface area (Å²) in [5.74, 6) is 4.87. The van der Waals surface area contributed by atoms with Crippen LogP contribution in [0.5, 0.6) is 0 Å². The maximum Gasteiger partial charge on any atom is 0.311 e. The van der Waals surface area contributed by atoms with Gasteiger partial charge in [0.1, 0.15) is 0 Å². The van der Waals surface area contributed by atoms with E-state index in [-0.39, 0.29) is 11.9 Å². The Morgan fingerprint density at radius 2 is 1.95 bits per heavy atom. The summed E-state index contributed by atoms with van der Waals surface area (Å²) in [5, 5.41) is 0. The molecule has 0 amide bonds. The van der Waals surface area contributed by atoms with Gasteiger partial charge in [0.05, 0.1) is 5.92 Å². The monoisotopic (exact) mass is 308 g/mol. The zero-order chi connectivity index (χ0) is 15.9. The van der Waals surface area contributed by atoms with Crippen molar-refractivity contribution in [2.75, 3.05) is 6.61 Å². The third kappa shape index (κ3) is 2.70. The molecular weight excluding hydrogens is 276 g/mol. The van der Waals surface area contributed by atoms with Gasteiger partial charge in [-0.05, 0) is 68.6 Å². The number of ether oxygens (including phenoxy) is 2. The summed E-state index contributed by atoms with van der Waals surface area (Å²) in [6.45, 7) is 9.09. The van der Waals surface area contributed by atoms with Crippen molar-refractivity contribution in [3.8, 4) is 0 Å². The van der Waals surface area contributed by atoms with E-state index in [9.17, 15) is 4.79 Å². The molecule has 3 rings (SSSR count). The molecule has 0 aliphatic heterocycles. The van der Waals surface area contributed by atoms with Crippen molar-refractivity contribution in [1.29, 1.82) is 0 Å². The lowest BCUT2D eigenvalue weighted by Gasteiger charge is -2.34. The smallest absolute Gasteiger partial charge is 0.311 e. The number of esters is 1. The van der Waals surface area contributed by atoms with Gasteiger partial charge in [-0.15, -0.1) is 0 Å². The Morgan fingerprint density at radius 3 is 2.64 bits per heavy atom. The molecule has 3 aliphatic carbocycles. The van der Waals surface area contributed by atoms with Crippen molar-refractivity contribution in [3.63, 3.8) is 0 Å². The summed E-state index contributed by atoms with van der Waals surface area (Å²) < 4.78 is 10.9. The molecule has 8 unspecified atom stereocenters. The second kappa shape index (κ2) is 6.51. The average molecular weight is 308 g/mol. The lowest BCUT2D eigenvalue weighted by atomic mass is 9.71. The molecule has 3 fully saturated rings. The van der Waals surface area contributed by atoms with Gasteiger partial charge in [-0.3, -0.25) is 4.79 Å². The number of fused-ring (bicyclic) bond motifs is 5. The third-order valence-electron chi connectivity index (χ3n) is 6.65. The van der Waals surface area contributed by atoms with Crippen LogP contribution in [0.4, 0.5) is 0 Å². The van der Waals surface area contributed by atoms with E-state index in [4.69, 9.17) is 9.47 Å². The maximum absolute atomic E-state index is 12.6. The van der Waals surface area contributed by atoms with Gasteiger partial charge < -0.3 is 9.47 Å². The van der Waals surface area contributed by atoms with Gasteiger partial charge in [0, 0.05) is 6.61 Å². The average Bonchev–Trinajstić information content (AvgIpc) is 3.12. The second-order valence-corrected chi connectivity index (χ2v) is 7.88. The van der Waals surface area contributed by atoms with E-state index in [1.807, 2.05) is 13.8 Å². The zero-order valence-corrected chi connectivity index (χ0v) is 14.6. The standard InChI is InChI=1S/C19H32O3/c1-5-7-13-8-11(3)17-14-9-15(18(13)17)16(10-14)19(20)22-12(4)21-6-2/h11-18H,5-10H2,1-4H3. The van der Waals surface area contributed by atoms with Crippen LogP contribution in [0.2, 0.25) is 0 Å². The van der Waals surface area contributed by atoms with Crippen LogP contribution in [0.15, 0.2) is 0 Å². The lowest BCUT2D eigenvalue weighted by molar-refractivity contribution is -0.181. The van der Waals surface area contributed by atoms with Crippen LogP contribution in [0.25, 0.3) is 0 Å². The van der Waals surface area contributed by atoms with E-state index in [1.165, 1.54) is 25.7 Å². The van der Waals surface area contributed by atoms with Gasteiger partial charge in [-0.2, -0.15) is 0 Å². The van der Waals surface area contributed by atoms with Crippen molar-refractivity contribution < 1.29 is 14.3 Å². The zero-order valence-electron chi connectivity index (χ0n) is 14.6. The van der Waals surface area contributed by atoms with Gasteiger partial charge in [-0.25, -0.2) is 0 Å². The molecule has 22 heavy (non-hydrogen) atoms. The first-order chi connectivity index (χ1) is 10.6. The van der Waals surface area contributed by atoms with Gasteiger partial charge in [-0.1, -0.05) is 26.7 Å². The fourth-order valence-corrected chi connectivity index (χ4v) is 6.22. The third-order valence-corrected chi connectivity index (χ3v) is 6.65. The lowest BCUT2D eigenvalue weighted by Crippen LogP contribution is -2.35. The Hall–Kier alpha value is -0.570. The van der Waals surface area contributed by atoms with Gasteiger partial charge in [0.15, 0.2) is 6.29 Å². The van der Waals surface area contributed by atoms with Crippen molar-refractivity contribution >= 4 is 5.97 Å². The number of hydrogen-bond acceptors (Lipinski definition) is 3. The number of carbonyl (C=O) groups is 1. The summed E-state index contributed by atoms with van der Waals surface area (Å²) in [6.07, 6.45) is 5.92. The van der Waals surface area contributed by atoms with Crippen LogP contribution in [0, 0.1) is 41.4 Å². The molecule has 3 saturated carbocycles. The molecule has 0 N–H and O–H groups in total. The van der Waals surface area contributed by atoms with Gasteiger partial charge in [0.25, 0.3) is 0 Å². The fourth-order valence-electron chi connectivity index (χ4n) is 6.22. The van der Waals surface area contributed by atoms with Gasteiger partial charge >= 0.3 is 5.97 Å². The van der Waals surface area contributed by atoms with Crippen LogP contribution < -0.4 is 0 Å². The number of carbonyl (C=O) groups excluding carboxylic acids is 1. The van der Waals surface area contributed by atoms with E-state index >= 15 is 0 Å².